The van der Waals surface area contributed by atoms with Crippen LogP contribution >= 0.6 is 0 Å². The number of hydrogen-bond donors (Lipinski definition) is 3. The molecule has 14 heavy (non-hydrogen) atoms. The molecule has 0 amide bonds. The van der Waals surface area contributed by atoms with Crippen LogP contribution in [-0.4, -0.2) is 22.7 Å². The van der Waals surface area contributed by atoms with Gasteiger partial charge in [-0.15, -0.1) is 0 Å². The van der Waals surface area contributed by atoms with Crippen LogP contribution in [-0.2, 0) is 4.79 Å². The van der Waals surface area contributed by atoms with Crippen molar-refractivity contribution in [1.29, 1.82) is 0 Å². The number of carbonyl (C=O) groups is 1. The first-order valence-electron chi connectivity index (χ1n) is 3.93. The number of aromatic hydroxyl groups is 1. The maximum absolute atomic E-state index is 10.0. The van der Waals surface area contributed by atoms with Crippen LogP contribution in [0.2, 0.25) is 0 Å². The molecule has 0 fully saturated rings. The van der Waals surface area contributed by atoms with Gasteiger partial charge in [-0.1, -0.05) is 12.0 Å². The Hall–Kier alpha value is -2.15. The maximum atomic E-state index is 10.0. The van der Waals surface area contributed by atoms with Gasteiger partial charge in [0.05, 0.1) is 6.54 Å². The number of phenols is 1. The van der Waals surface area contributed by atoms with Gasteiger partial charge in [-0.25, -0.2) is 4.79 Å². The molecule has 0 aliphatic heterocycles. The van der Waals surface area contributed by atoms with Crippen LogP contribution in [0.4, 0.5) is 5.69 Å². The minimum Gasteiger partial charge on any atom is -0.508 e. The van der Waals surface area contributed by atoms with Crippen LogP contribution in [0, 0.1) is 11.8 Å². The Balaban J connectivity index is 2.47. The molecule has 0 unspecified atom stereocenters. The van der Waals surface area contributed by atoms with Crippen molar-refractivity contribution in [2.75, 3.05) is 11.9 Å². The highest BCUT2D eigenvalue weighted by Gasteiger charge is 1.90. The smallest absolute Gasteiger partial charge is 0.381 e. The largest absolute Gasteiger partial charge is 0.508 e. The van der Waals surface area contributed by atoms with Crippen molar-refractivity contribution in [3.05, 3.63) is 24.3 Å². The first-order chi connectivity index (χ1) is 6.68. The molecule has 72 valence electrons. The summed E-state index contributed by atoms with van der Waals surface area (Å²) in [7, 11) is 0. The molecular weight excluding hydrogens is 182 g/mol. The molecular formula is C10H9NO3. The predicted molar refractivity (Wildman–Crippen MR) is 52.0 cm³/mol. The third-order valence-corrected chi connectivity index (χ3v) is 1.42. The van der Waals surface area contributed by atoms with Crippen molar-refractivity contribution in [3.8, 4) is 17.6 Å². The highest BCUT2D eigenvalue weighted by molar-refractivity contribution is 5.86. The third-order valence-electron chi connectivity index (χ3n) is 1.42. The summed E-state index contributed by atoms with van der Waals surface area (Å²) >= 11 is 0. The van der Waals surface area contributed by atoms with Gasteiger partial charge < -0.3 is 15.5 Å². The van der Waals surface area contributed by atoms with E-state index in [1.807, 2.05) is 5.92 Å². The van der Waals surface area contributed by atoms with E-state index in [1.165, 1.54) is 6.07 Å². The van der Waals surface area contributed by atoms with Gasteiger partial charge in [0.15, 0.2) is 0 Å². The maximum Gasteiger partial charge on any atom is 0.381 e. The second kappa shape index (κ2) is 4.77. The molecule has 0 saturated heterocycles. The SMILES string of the molecule is O=C(O)C#CCNc1cccc(O)c1. The van der Waals surface area contributed by atoms with Crippen molar-refractivity contribution in [2.24, 2.45) is 0 Å². The van der Waals surface area contributed by atoms with Gasteiger partial charge in [-0.3, -0.25) is 0 Å². The average Bonchev–Trinajstić information content (AvgIpc) is 2.12. The minimum atomic E-state index is -1.15. The van der Waals surface area contributed by atoms with E-state index in [4.69, 9.17) is 10.2 Å². The molecule has 1 aromatic carbocycles. The summed E-state index contributed by atoms with van der Waals surface area (Å²) in [5.41, 5.74) is 0.699. The standard InChI is InChI=1S/C10H9NO3/c12-9-4-1-3-8(7-9)11-6-2-5-10(13)14/h1,3-4,7,11-12H,6H2,(H,13,14). The third kappa shape index (κ3) is 3.50. The van der Waals surface area contributed by atoms with Gasteiger partial charge in [0, 0.05) is 17.7 Å². The van der Waals surface area contributed by atoms with E-state index in [9.17, 15) is 4.79 Å². The summed E-state index contributed by atoms with van der Waals surface area (Å²) in [4.78, 5) is 10.0. The number of hydrogen-bond acceptors (Lipinski definition) is 3. The summed E-state index contributed by atoms with van der Waals surface area (Å²) in [6.07, 6.45) is 0. The van der Waals surface area contributed by atoms with E-state index in [-0.39, 0.29) is 12.3 Å². The summed E-state index contributed by atoms with van der Waals surface area (Å²) < 4.78 is 0. The highest BCUT2D eigenvalue weighted by Crippen LogP contribution is 2.14. The van der Waals surface area contributed by atoms with Gasteiger partial charge in [-0.05, 0) is 12.1 Å². The molecule has 1 aromatic rings. The Morgan fingerprint density at radius 1 is 1.50 bits per heavy atom. The number of anilines is 1. The molecule has 0 heterocycles. The Morgan fingerprint density at radius 2 is 2.29 bits per heavy atom. The molecule has 3 N–H and O–H groups in total. The lowest BCUT2D eigenvalue weighted by molar-refractivity contribution is -0.130. The molecule has 0 atom stereocenters. The lowest BCUT2D eigenvalue weighted by atomic mass is 10.3. The molecule has 0 saturated carbocycles. The van der Waals surface area contributed by atoms with Gasteiger partial charge in [0.1, 0.15) is 5.75 Å². The van der Waals surface area contributed by atoms with Crippen LogP contribution in [0.3, 0.4) is 0 Å². The van der Waals surface area contributed by atoms with E-state index in [0.717, 1.165) is 0 Å². The predicted octanol–water partition coefficient (Wildman–Crippen LogP) is 0.892. The van der Waals surface area contributed by atoms with Crippen LogP contribution < -0.4 is 5.32 Å². The number of carboxylic acid groups (broad SMARTS) is 1. The van der Waals surface area contributed by atoms with Crippen LogP contribution in [0.1, 0.15) is 0 Å². The normalized spacial score (nSPS) is 8.57. The molecule has 0 radical (unpaired) electrons. The van der Waals surface area contributed by atoms with Gasteiger partial charge in [0.25, 0.3) is 0 Å². The van der Waals surface area contributed by atoms with Crippen LogP contribution in [0.25, 0.3) is 0 Å². The molecule has 0 aromatic heterocycles. The lowest BCUT2D eigenvalue weighted by Gasteiger charge is -2.01. The first-order valence-corrected chi connectivity index (χ1v) is 3.93. The van der Waals surface area contributed by atoms with Gasteiger partial charge >= 0.3 is 5.97 Å². The Bertz CT molecular complexity index is 390. The second-order valence-corrected chi connectivity index (χ2v) is 2.51. The molecule has 1 rings (SSSR count). The first kappa shape index (κ1) is 9.93. The van der Waals surface area contributed by atoms with Crippen LogP contribution in [0.15, 0.2) is 24.3 Å². The zero-order valence-corrected chi connectivity index (χ0v) is 7.32. The molecule has 4 nitrogen and oxygen atoms in total. The van der Waals surface area contributed by atoms with E-state index in [2.05, 4.69) is 11.2 Å². The Labute approximate surface area is 81.2 Å². The molecule has 0 bridgehead atoms. The van der Waals surface area contributed by atoms with Crippen LogP contribution in [0.5, 0.6) is 5.75 Å². The van der Waals surface area contributed by atoms with Crippen molar-refractivity contribution < 1.29 is 15.0 Å². The topological polar surface area (TPSA) is 69.6 Å². The van der Waals surface area contributed by atoms with E-state index in [0.29, 0.717) is 5.69 Å². The zero-order valence-electron chi connectivity index (χ0n) is 7.32. The number of aliphatic carboxylic acids is 1. The lowest BCUT2D eigenvalue weighted by Crippen LogP contribution is -1.99. The van der Waals surface area contributed by atoms with E-state index >= 15 is 0 Å². The van der Waals surface area contributed by atoms with Crippen molar-refractivity contribution in [3.63, 3.8) is 0 Å². The fraction of sp³-hybridized carbons (Fsp3) is 0.100. The monoisotopic (exact) mass is 191 g/mol. The molecule has 0 aliphatic rings. The molecule has 0 aliphatic carbocycles. The van der Waals surface area contributed by atoms with Crippen molar-refractivity contribution >= 4 is 11.7 Å². The van der Waals surface area contributed by atoms with Crippen molar-refractivity contribution in [2.45, 2.75) is 0 Å². The number of benzene rings is 1. The fourth-order valence-corrected chi connectivity index (χ4v) is 0.882. The number of carboxylic acids is 1. The minimum absolute atomic E-state index is 0.154. The number of nitrogens with one attached hydrogen (secondary N) is 1. The number of phenolic OH excluding ortho intramolecular Hbond substituents is 1. The molecule has 0 spiro atoms. The van der Waals surface area contributed by atoms with Gasteiger partial charge in [-0.2, -0.15) is 0 Å². The van der Waals surface area contributed by atoms with E-state index in [1.54, 1.807) is 18.2 Å². The summed E-state index contributed by atoms with van der Waals surface area (Å²) in [6, 6.07) is 6.51. The van der Waals surface area contributed by atoms with E-state index < -0.39 is 5.97 Å². The Kier molecular flexibility index (Phi) is 3.39. The second-order valence-electron chi connectivity index (χ2n) is 2.51. The quantitative estimate of drug-likeness (QED) is 0.607. The molecule has 4 heteroatoms. The van der Waals surface area contributed by atoms with Crippen molar-refractivity contribution in [1.82, 2.24) is 0 Å². The summed E-state index contributed by atoms with van der Waals surface area (Å²) in [5.74, 6) is 3.39. The summed E-state index contributed by atoms with van der Waals surface area (Å²) in [5, 5.41) is 20.1. The Morgan fingerprint density at radius 3 is 2.93 bits per heavy atom. The summed E-state index contributed by atoms with van der Waals surface area (Å²) in [6.45, 7) is 0.232. The highest BCUT2D eigenvalue weighted by atomic mass is 16.4. The average molecular weight is 191 g/mol. The van der Waals surface area contributed by atoms with Gasteiger partial charge in [0.2, 0.25) is 0 Å². The number of rotatable bonds is 2. The zero-order chi connectivity index (χ0) is 10.4. The fourth-order valence-electron chi connectivity index (χ4n) is 0.882.